The molecule has 0 saturated heterocycles. The first-order chi connectivity index (χ1) is 10.7. The van der Waals surface area contributed by atoms with E-state index in [0.29, 0.717) is 17.4 Å². The van der Waals surface area contributed by atoms with E-state index < -0.39 is 0 Å². The van der Waals surface area contributed by atoms with Crippen molar-refractivity contribution >= 4 is 29.0 Å². The van der Waals surface area contributed by atoms with Crippen LogP contribution >= 0.6 is 23.1 Å². The number of aromatic nitrogens is 3. The second kappa shape index (κ2) is 5.37. The van der Waals surface area contributed by atoms with Crippen molar-refractivity contribution in [3.63, 3.8) is 0 Å². The summed E-state index contributed by atoms with van der Waals surface area (Å²) in [6.07, 6.45) is 0.467. The van der Waals surface area contributed by atoms with Crippen LogP contribution in [-0.4, -0.2) is 20.7 Å². The smallest absolute Gasteiger partial charge is 0.250 e. The molecule has 4 nitrogen and oxygen atoms in total. The first-order valence-corrected chi connectivity index (χ1v) is 8.74. The molecular weight excluding hydrogens is 314 g/mol. The Kier molecular flexibility index (Phi) is 3.35. The Morgan fingerprint density at radius 3 is 2.77 bits per heavy atom. The molecule has 0 aliphatic carbocycles. The van der Waals surface area contributed by atoms with Crippen LogP contribution in [0.15, 0.2) is 46.9 Å². The largest absolute Gasteiger partial charge is 0.272 e. The van der Waals surface area contributed by atoms with Crippen LogP contribution in [0.3, 0.4) is 0 Å². The molecule has 3 aromatic rings. The first kappa shape index (κ1) is 13.7. The maximum atomic E-state index is 12.3. The van der Waals surface area contributed by atoms with Gasteiger partial charge in [-0.05, 0) is 18.4 Å². The van der Waals surface area contributed by atoms with Crippen LogP contribution in [0.4, 0.5) is 0 Å². The van der Waals surface area contributed by atoms with Crippen molar-refractivity contribution < 1.29 is 4.79 Å². The van der Waals surface area contributed by atoms with Gasteiger partial charge in [-0.3, -0.25) is 4.79 Å². The normalized spacial score (nSPS) is 17.5. The highest BCUT2D eigenvalue weighted by molar-refractivity contribution is 7.99. The molecule has 3 heterocycles. The van der Waals surface area contributed by atoms with Crippen LogP contribution in [0.5, 0.6) is 0 Å². The number of fused-ring (bicyclic) bond motifs is 1. The third kappa shape index (κ3) is 2.38. The van der Waals surface area contributed by atoms with Crippen molar-refractivity contribution in [3.8, 4) is 11.4 Å². The van der Waals surface area contributed by atoms with Gasteiger partial charge in [0.25, 0.3) is 5.91 Å². The van der Waals surface area contributed by atoms with Crippen LogP contribution in [0.2, 0.25) is 0 Å². The quantitative estimate of drug-likeness (QED) is 0.708. The maximum Gasteiger partial charge on any atom is 0.250 e. The van der Waals surface area contributed by atoms with Crippen molar-refractivity contribution in [2.75, 3.05) is 0 Å². The number of carbonyl (C=O) groups is 1. The predicted molar refractivity (Wildman–Crippen MR) is 88.4 cm³/mol. The minimum atomic E-state index is 0.0120. The fourth-order valence-electron chi connectivity index (χ4n) is 2.41. The van der Waals surface area contributed by atoms with Gasteiger partial charge in [0, 0.05) is 16.9 Å². The lowest BCUT2D eigenvalue weighted by atomic mass is 10.1. The van der Waals surface area contributed by atoms with E-state index in [4.69, 9.17) is 0 Å². The molecule has 0 amide bonds. The molecule has 4 rings (SSSR count). The molecule has 1 aromatic carbocycles. The van der Waals surface area contributed by atoms with Gasteiger partial charge in [0.1, 0.15) is 0 Å². The van der Waals surface area contributed by atoms with Crippen LogP contribution in [0.1, 0.15) is 26.9 Å². The Morgan fingerprint density at radius 1 is 1.23 bits per heavy atom. The highest BCUT2D eigenvalue weighted by Crippen LogP contribution is 2.43. The van der Waals surface area contributed by atoms with Gasteiger partial charge in [-0.2, -0.15) is 4.68 Å². The van der Waals surface area contributed by atoms with Crippen molar-refractivity contribution in [1.82, 2.24) is 14.8 Å². The third-order valence-electron chi connectivity index (χ3n) is 3.59. The molecule has 110 valence electrons. The minimum Gasteiger partial charge on any atom is -0.272 e. The molecule has 0 radical (unpaired) electrons. The molecule has 0 spiro atoms. The Labute approximate surface area is 136 Å². The highest BCUT2D eigenvalue weighted by Gasteiger charge is 2.30. The average Bonchev–Trinajstić information content (AvgIpc) is 3.17. The second-order valence-electron chi connectivity index (χ2n) is 5.22. The topological polar surface area (TPSA) is 47.8 Å². The lowest BCUT2D eigenvalue weighted by molar-refractivity contribution is 0.0868. The van der Waals surface area contributed by atoms with E-state index in [1.54, 1.807) is 23.1 Å². The summed E-state index contributed by atoms with van der Waals surface area (Å²) >= 11 is 3.30. The summed E-state index contributed by atoms with van der Waals surface area (Å²) in [5, 5.41) is 7.26. The summed E-state index contributed by atoms with van der Waals surface area (Å²) in [4.78, 5) is 18.1. The molecular formula is C16H13N3OS2. The predicted octanol–water partition coefficient (Wildman–Crippen LogP) is 4.19. The zero-order valence-corrected chi connectivity index (χ0v) is 13.5. The summed E-state index contributed by atoms with van der Waals surface area (Å²) < 4.78 is 1.45. The minimum absolute atomic E-state index is 0.0120. The zero-order valence-electron chi connectivity index (χ0n) is 11.9. The molecule has 22 heavy (non-hydrogen) atoms. The molecule has 0 N–H and O–H groups in total. The van der Waals surface area contributed by atoms with E-state index in [-0.39, 0.29) is 11.2 Å². The molecule has 2 aromatic heterocycles. The van der Waals surface area contributed by atoms with E-state index in [1.165, 1.54) is 15.1 Å². The van der Waals surface area contributed by atoms with Gasteiger partial charge >= 0.3 is 0 Å². The standard InChI is InChI=1S/C16H13N3OS2/c1-10-4-6-11(7-5-10)15-17-16-19(18-15)14(20)9-13(22-16)12-3-2-8-21-12/h2-8,13H,9H2,1H3/t13-/m0/s1. The highest BCUT2D eigenvalue weighted by atomic mass is 32.2. The number of hydrogen-bond donors (Lipinski definition) is 0. The molecule has 1 aliphatic rings. The van der Waals surface area contributed by atoms with E-state index in [0.717, 1.165) is 5.56 Å². The Balaban J connectivity index is 1.69. The van der Waals surface area contributed by atoms with Crippen molar-refractivity contribution in [1.29, 1.82) is 0 Å². The fourth-order valence-corrected chi connectivity index (χ4v) is 4.48. The molecule has 1 atom stereocenters. The maximum absolute atomic E-state index is 12.3. The van der Waals surface area contributed by atoms with Gasteiger partial charge in [-0.25, -0.2) is 4.98 Å². The fraction of sp³-hybridized carbons (Fsp3) is 0.188. The van der Waals surface area contributed by atoms with Crippen molar-refractivity contribution in [2.45, 2.75) is 23.8 Å². The number of benzene rings is 1. The van der Waals surface area contributed by atoms with E-state index in [9.17, 15) is 4.79 Å². The van der Waals surface area contributed by atoms with Gasteiger partial charge in [0.15, 0.2) is 11.0 Å². The van der Waals surface area contributed by atoms with E-state index in [2.05, 4.69) is 16.1 Å². The SMILES string of the molecule is Cc1ccc(-c2nc3n(n2)C(=O)C[C@@H](c2cccs2)S3)cc1. The summed E-state index contributed by atoms with van der Waals surface area (Å²) in [6, 6.07) is 12.1. The number of thiophene rings is 1. The van der Waals surface area contributed by atoms with Gasteiger partial charge in [0.2, 0.25) is 0 Å². The van der Waals surface area contributed by atoms with Gasteiger partial charge in [-0.1, -0.05) is 47.7 Å². The number of carbonyl (C=O) groups excluding carboxylic acids is 1. The average molecular weight is 327 g/mol. The molecule has 6 heteroatoms. The van der Waals surface area contributed by atoms with Gasteiger partial charge < -0.3 is 0 Å². The van der Waals surface area contributed by atoms with Crippen LogP contribution < -0.4 is 0 Å². The molecule has 1 aliphatic heterocycles. The van der Waals surface area contributed by atoms with Gasteiger partial charge in [0.05, 0.1) is 5.25 Å². The van der Waals surface area contributed by atoms with Crippen LogP contribution in [0.25, 0.3) is 11.4 Å². The number of thioether (sulfide) groups is 1. The number of hydrogen-bond acceptors (Lipinski definition) is 5. The van der Waals surface area contributed by atoms with Crippen molar-refractivity contribution in [3.05, 3.63) is 52.2 Å². The Hall–Kier alpha value is -1.92. The first-order valence-electron chi connectivity index (χ1n) is 6.98. The van der Waals surface area contributed by atoms with Gasteiger partial charge in [-0.15, -0.1) is 16.4 Å². The summed E-state index contributed by atoms with van der Waals surface area (Å²) in [6.45, 7) is 2.04. The lowest BCUT2D eigenvalue weighted by Gasteiger charge is -2.18. The molecule has 0 unspecified atom stereocenters. The van der Waals surface area contributed by atoms with Crippen molar-refractivity contribution in [2.24, 2.45) is 0 Å². The molecule has 0 saturated carbocycles. The van der Waals surface area contributed by atoms with E-state index >= 15 is 0 Å². The number of aryl methyl sites for hydroxylation is 1. The second-order valence-corrected chi connectivity index (χ2v) is 7.36. The number of rotatable bonds is 2. The monoisotopic (exact) mass is 327 g/mol. The van der Waals surface area contributed by atoms with Crippen LogP contribution in [0, 0.1) is 6.92 Å². The van der Waals surface area contributed by atoms with Crippen LogP contribution in [-0.2, 0) is 0 Å². The molecule has 0 fully saturated rings. The summed E-state index contributed by atoms with van der Waals surface area (Å²) in [7, 11) is 0. The number of nitrogens with zero attached hydrogens (tertiary/aromatic N) is 3. The Bertz CT molecular complexity index is 822. The Morgan fingerprint density at radius 2 is 2.05 bits per heavy atom. The summed E-state index contributed by atoms with van der Waals surface area (Å²) in [5.74, 6) is 0.626. The third-order valence-corrected chi connectivity index (χ3v) is 5.91. The summed E-state index contributed by atoms with van der Waals surface area (Å²) in [5.41, 5.74) is 2.13. The van der Waals surface area contributed by atoms with E-state index in [1.807, 2.05) is 42.6 Å². The molecule has 0 bridgehead atoms. The lowest BCUT2D eigenvalue weighted by Crippen LogP contribution is -2.20. The zero-order chi connectivity index (χ0) is 15.1.